The Morgan fingerprint density at radius 3 is 2.35 bits per heavy atom. The molecule has 0 atom stereocenters. The van der Waals surface area contributed by atoms with E-state index in [0.29, 0.717) is 35.9 Å². The number of imide groups is 1. The van der Waals surface area contributed by atoms with Gasteiger partial charge in [0, 0.05) is 37.3 Å². The molecule has 1 aromatic heterocycles. The van der Waals surface area contributed by atoms with Crippen LogP contribution in [0.25, 0.3) is 5.57 Å². The summed E-state index contributed by atoms with van der Waals surface area (Å²) in [5.74, 6) is -1.15. The Balaban J connectivity index is 0.00000179. The van der Waals surface area contributed by atoms with Gasteiger partial charge in [0.15, 0.2) is 5.71 Å². The van der Waals surface area contributed by atoms with E-state index >= 15 is 0 Å². The summed E-state index contributed by atoms with van der Waals surface area (Å²) in [4.78, 5) is 48.4. The minimum Gasteiger partial charge on any atom is -0.748 e. The normalized spacial score (nSPS) is 16.6. The van der Waals surface area contributed by atoms with Gasteiger partial charge in [-0.25, -0.2) is 17.8 Å². The van der Waals surface area contributed by atoms with Crippen molar-refractivity contribution in [2.45, 2.75) is 110 Å². The van der Waals surface area contributed by atoms with Crippen molar-refractivity contribution in [1.29, 1.82) is 0 Å². The van der Waals surface area contributed by atoms with E-state index in [0.717, 1.165) is 70.1 Å². The molecule has 65 heavy (non-hydrogen) atoms. The Morgan fingerprint density at radius 2 is 1.69 bits per heavy atom. The van der Waals surface area contributed by atoms with Gasteiger partial charge in [0.2, 0.25) is 0 Å². The van der Waals surface area contributed by atoms with Crippen molar-refractivity contribution in [1.82, 2.24) is 5.06 Å². The van der Waals surface area contributed by atoms with Crippen LogP contribution < -0.4 is 68.6 Å². The monoisotopic (exact) mass is 965 g/mol. The van der Waals surface area contributed by atoms with Gasteiger partial charge in [0.25, 0.3) is 11.8 Å². The van der Waals surface area contributed by atoms with Crippen LogP contribution in [-0.2, 0) is 63.7 Å². The molecular formula is C46H52ClN4Na2O10S2+. The maximum Gasteiger partial charge on any atom is 1.00 e. The Hall–Kier alpha value is -3.29. The molecule has 3 aliphatic rings. The first-order valence-corrected chi connectivity index (χ1v) is 23.8. The number of amides is 2. The number of aliphatic imine (C=N–C) groups is 1. The van der Waals surface area contributed by atoms with Crippen LogP contribution in [0.15, 0.2) is 89.7 Å². The number of carbonyl (C=O) groups excluding carboxylic acids is 3. The van der Waals surface area contributed by atoms with E-state index in [1.54, 1.807) is 0 Å². The Morgan fingerprint density at radius 1 is 1.00 bits per heavy atom. The third-order valence-corrected chi connectivity index (χ3v) is 12.3. The number of aromatic nitrogens is 1. The summed E-state index contributed by atoms with van der Waals surface area (Å²) in [5.41, 5.74) is 6.99. The fraction of sp³-hybridized carbons (Fsp3) is 0.413. The number of carbonyl (C=O) groups is 3. The molecule has 6 rings (SSSR count). The Bertz CT molecular complexity index is 2590. The van der Waals surface area contributed by atoms with E-state index < -0.39 is 55.1 Å². The number of hydroxylamine groups is 2. The molecule has 0 unspecified atom stereocenters. The van der Waals surface area contributed by atoms with Crippen molar-refractivity contribution >= 4 is 72.9 Å². The van der Waals surface area contributed by atoms with E-state index in [9.17, 15) is 27.4 Å². The molecule has 0 bridgehead atoms. The van der Waals surface area contributed by atoms with Crippen molar-refractivity contribution in [2.24, 2.45) is 4.99 Å². The minimum atomic E-state index is -4.37. The molecule has 2 aromatic carbocycles. The molecule has 336 valence electrons. The third-order valence-electron chi connectivity index (χ3n) is 11.3. The van der Waals surface area contributed by atoms with Gasteiger partial charge in [0.05, 0.1) is 32.7 Å². The second-order valence-corrected chi connectivity index (χ2v) is 18.9. The second kappa shape index (κ2) is 24.6. The first-order chi connectivity index (χ1) is 29.7. The summed E-state index contributed by atoms with van der Waals surface area (Å²) in [5, 5.41) is 1.25. The second-order valence-electron chi connectivity index (χ2n) is 16.6. The van der Waals surface area contributed by atoms with Crippen LogP contribution in [0, 0.1) is 6.07 Å². The largest absolute Gasteiger partial charge is 1.00 e. The maximum atomic E-state index is 12.4. The van der Waals surface area contributed by atoms with Gasteiger partial charge in [-0.1, -0.05) is 80.9 Å². The molecule has 0 spiro atoms. The molecule has 3 aliphatic heterocycles. The zero-order chi connectivity index (χ0) is 46.1. The number of nitrogens with zero attached hydrogens (tertiary/aromatic N) is 4. The molecule has 3 aromatic rings. The van der Waals surface area contributed by atoms with E-state index in [1.165, 1.54) is 0 Å². The zero-order valence-electron chi connectivity index (χ0n) is 38.1. The third kappa shape index (κ3) is 14.8. The van der Waals surface area contributed by atoms with E-state index in [2.05, 4.69) is 86.6 Å². The molecule has 14 nitrogen and oxygen atoms in total. The van der Waals surface area contributed by atoms with E-state index in [-0.39, 0.29) is 84.8 Å². The number of hydrogen-bond acceptors (Lipinski definition) is 12. The summed E-state index contributed by atoms with van der Waals surface area (Å²) in [7, 11) is -7.49. The van der Waals surface area contributed by atoms with Crippen molar-refractivity contribution in [3.8, 4) is 0 Å². The predicted molar refractivity (Wildman–Crippen MR) is 238 cm³/mol. The molecule has 4 heterocycles. The molecule has 1 saturated heterocycles. The first kappa shape index (κ1) is 56.0. The van der Waals surface area contributed by atoms with E-state index in [4.69, 9.17) is 34.1 Å². The minimum absolute atomic E-state index is 0. The molecule has 1 fully saturated rings. The van der Waals surface area contributed by atoms with Gasteiger partial charge in [-0.3, -0.25) is 9.59 Å². The van der Waals surface area contributed by atoms with Crippen LogP contribution in [-0.4, -0.2) is 66.5 Å². The molecule has 19 heteroatoms. The standard InChI is InChI=1S/C46H53ClN4O7S.2Na.O3S/c1-6-7-26-49-31-35(47)30-37-44(49)48-39(45(37,2)3)22-20-33(21-23-40-46(4,5)36-17-9-10-18-38(36)50(40)27-13-28-59(55,56)57)34-16-12-15-32(29-34)14-8-11-19-43(54)58-51-41(52)24-25-42(51)53;;;1-4(2)3/h10,12,15-18,20-23,29-31H,6-8,11,13-14,19,24-28H2,1-5H3,(H,55,56,57);;;/q;2*+1;/p-1. The maximum absolute atomic E-state index is 12.4. The summed E-state index contributed by atoms with van der Waals surface area (Å²) >= 11 is 6.63. The zero-order valence-corrected chi connectivity index (χ0v) is 44.4. The number of rotatable bonds is 17. The van der Waals surface area contributed by atoms with Gasteiger partial charge >= 0.3 is 81.5 Å². The first-order valence-electron chi connectivity index (χ1n) is 20.8. The van der Waals surface area contributed by atoms with Crippen LogP contribution in [0.3, 0.4) is 0 Å². The van der Waals surface area contributed by atoms with Gasteiger partial charge in [0.1, 0.15) is 6.20 Å². The molecule has 0 aliphatic carbocycles. The number of hydrogen-bond donors (Lipinski definition) is 0. The van der Waals surface area contributed by atoms with Crippen molar-refractivity contribution in [3.63, 3.8) is 0 Å². The molecule has 0 N–H and O–H groups in total. The molecule has 0 radical (unpaired) electrons. The molecular weight excluding hydrogens is 914 g/mol. The van der Waals surface area contributed by atoms with Crippen LogP contribution in [0.5, 0.6) is 0 Å². The Labute approximate surface area is 432 Å². The number of benzene rings is 2. The predicted octanol–water partition coefficient (Wildman–Crippen LogP) is 1.17. The van der Waals surface area contributed by atoms with E-state index in [1.807, 2.05) is 42.6 Å². The van der Waals surface area contributed by atoms with Crippen LogP contribution in [0.2, 0.25) is 5.02 Å². The van der Waals surface area contributed by atoms with Crippen LogP contribution in [0.1, 0.15) is 108 Å². The number of anilines is 1. The average molecular weight is 967 g/mol. The number of pyridine rings is 1. The Kier molecular flexibility index (Phi) is 21.2. The number of aryl methyl sites for hydroxylation is 2. The summed E-state index contributed by atoms with van der Waals surface area (Å²) < 4.78 is 62.2. The van der Waals surface area contributed by atoms with Gasteiger partial charge in [-0.05, 0) is 91.3 Å². The number of unbranched alkanes of at least 4 members (excludes halogenated alkanes) is 2. The average Bonchev–Trinajstić information content (AvgIpc) is 3.75. The molecule has 2 amide bonds. The quantitative estimate of drug-likeness (QED) is 0.0359. The fourth-order valence-corrected chi connectivity index (χ4v) is 8.63. The number of fused-ring (bicyclic) bond motifs is 2. The van der Waals surface area contributed by atoms with Crippen molar-refractivity contribution in [3.05, 3.63) is 118 Å². The van der Waals surface area contributed by atoms with Crippen LogP contribution >= 0.6 is 11.6 Å². The molecule has 0 saturated carbocycles. The summed E-state index contributed by atoms with van der Waals surface area (Å²) in [6.07, 6.45) is 14.5. The smallest absolute Gasteiger partial charge is 0.748 e. The van der Waals surface area contributed by atoms with Gasteiger partial charge in [-0.15, -0.1) is 29.3 Å². The fourth-order valence-electron chi connectivity index (χ4n) is 7.92. The summed E-state index contributed by atoms with van der Waals surface area (Å²) in [6.45, 7) is 11.9. The number of allylic oxidation sites excluding steroid dienone is 6. The van der Waals surface area contributed by atoms with Crippen molar-refractivity contribution < 1.29 is 109 Å². The number of halogens is 1. The SMILES string of the molecule is CCCC[n+]1cc(Cl)cc2c1N=C(/C=C/C(=C/C=C1/N(CCCS(=O)(=O)[O-])c3cc[c-]cc3C1(C)C)c1cccc(CCCCC(=O)ON3C(=O)CCC3=O)c1)C2(C)C.O=S(=O)=O.[Na+].[Na+]. The van der Waals surface area contributed by atoms with Gasteiger partial charge < -0.3 is 14.3 Å². The summed E-state index contributed by atoms with van der Waals surface area (Å²) in [6, 6.07) is 19.2. The van der Waals surface area contributed by atoms with Crippen molar-refractivity contribution in [2.75, 3.05) is 17.2 Å². The topological polar surface area (TPSA) is 192 Å². The van der Waals surface area contributed by atoms with Crippen LogP contribution in [0.4, 0.5) is 11.5 Å². The van der Waals surface area contributed by atoms with Gasteiger partial charge in [-0.2, -0.15) is 18.2 Å².